The molecule has 4 N–H and O–H groups in total. The van der Waals surface area contributed by atoms with Crippen molar-refractivity contribution in [3.05, 3.63) is 11.6 Å². The first-order valence-electron chi connectivity index (χ1n) is 6.13. The minimum Gasteiger partial charge on any atom is -0.481 e. The highest BCUT2D eigenvalue weighted by atomic mass is 16.4. The molecule has 0 saturated carbocycles. The van der Waals surface area contributed by atoms with Crippen molar-refractivity contribution in [2.75, 3.05) is 7.05 Å². The van der Waals surface area contributed by atoms with Crippen LogP contribution >= 0.6 is 0 Å². The van der Waals surface area contributed by atoms with Gasteiger partial charge in [0.2, 0.25) is 0 Å². The first-order chi connectivity index (χ1) is 9.79. The van der Waals surface area contributed by atoms with Gasteiger partial charge >= 0.3 is 18.0 Å². The van der Waals surface area contributed by atoms with Gasteiger partial charge in [-0.1, -0.05) is 0 Å². The largest absolute Gasteiger partial charge is 0.481 e. The minimum absolute atomic E-state index is 0.0987. The average Bonchev–Trinajstić information content (AvgIpc) is 2.78. The third-order valence-electron chi connectivity index (χ3n) is 2.61. The molecule has 0 spiro atoms. The van der Waals surface area contributed by atoms with Crippen LogP contribution in [-0.4, -0.2) is 61.4 Å². The van der Waals surface area contributed by atoms with Crippen molar-refractivity contribution in [2.45, 2.75) is 32.4 Å². The maximum absolute atomic E-state index is 11.9. The van der Waals surface area contributed by atoms with E-state index >= 15 is 0 Å². The van der Waals surface area contributed by atoms with Crippen LogP contribution in [0.4, 0.5) is 4.79 Å². The molecule has 116 valence electrons. The second kappa shape index (κ2) is 7.22. The Morgan fingerprint density at radius 1 is 1.38 bits per heavy atom. The molecule has 0 aromatic carbocycles. The lowest BCUT2D eigenvalue weighted by molar-refractivity contribution is -0.140. The molecule has 21 heavy (non-hydrogen) atoms. The van der Waals surface area contributed by atoms with Gasteiger partial charge in [0, 0.05) is 13.5 Å². The molecule has 1 aromatic heterocycles. The van der Waals surface area contributed by atoms with Crippen LogP contribution in [0.3, 0.4) is 0 Å². The van der Waals surface area contributed by atoms with E-state index in [1.54, 1.807) is 6.92 Å². The number of urea groups is 1. The van der Waals surface area contributed by atoms with Gasteiger partial charge in [-0.15, -0.1) is 0 Å². The van der Waals surface area contributed by atoms with E-state index < -0.39 is 24.0 Å². The van der Waals surface area contributed by atoms with Gasteiger partial charge in [0.05, 0.1) is 6.54 Å². The molecule has 0 fully saturated rings. The van der Waals surface area contributed by atoms with Crippen molar-refractivity contribution in [2.24, 2.45) is 0 Å². The summed E-state index contributed by atoms with van der Waals surface area (Å²) in [5, 5.41) is 26.2. The van der Waals surface area contributed by atoms with Crippen molar-refractivity contribution >= 4 is 18.0 Å². The van der Waals surface area contributed by atoms with Gasteiger partial charge in [-0.05, 0) is 13.3 Å². The summed E-state index contributed by atoms with van der Waals surface area (Å²) in [5.74, 6) is -1.42. The highest BCUT2D eigenvalue weighted by Crippen LogP contribution is 2.01. The normalized spacial score (nSPS) is 11.7. The summed E-state index contributed by atoms with van der Waals surface area (Å²) in [4.78, 5) is 38.5. The minimum atomic E-state index is -1.29. The number of carbonyl (C=O) groups is 3. The van der Waals surface area contributed by atoms with Crippen molar-refractivity contribution < 1.29 is 24.6 Å². The van der Waals surface area contributed by atoms with Crippen molar-refractivity contribution in [3.8, 4) is 0 Å². The number of aliphatic carboxylic acids is 2. The van der Waals surface area contributed by atoms with Crippen molar-refractivity contribution in [1.29, 1.82) is 0 Å². The molecule has 0 saturated heterocycles. The number of hydrogen-bond acceptors (Lipinski definition) is 5. The van der Waals surface area contributed by atoms with Crippen molar-refractivity contribution in [3.63, 3.8) is 0 Å². The monoisotopic (exact) mass is 299 g/mol. The molecule has 0 aliphatic heterocycles. The quantitative estimate of drug-likeness (QED) is 0.533. The smallest absolute Gasteiger partial charge is 0.326 e. The molecule has 1 rings (SSSR count). The Balaban J connectivity index is 2.55. The number of H-pyrrole nitrogens is 1. The summed E-state index contributed by atoms with van der Waals surface area (Å²) in [7, 11) is 1.46. The topological polar surface area (TPSA) is 149 Å². The molecular formula is C11H17N5O5. The third-order valence-corrected chi connectivity index (χ3v) is 2.61. The van der Waals surface area contributed by atoms with Crippen molar-refractivity contribution in [1.82, 2.24) is 25.4 Å². The lowest BCUT2D eigenvalue weighted by Gasteiger charge is -2.20. The van der Waals surface area contributed by atoms with Crippen LogP contribution in [-0.2, 0) is 16.1 Å². The Hall–Kier alpha value is -2.65. The lowest BCUT2D eigenvalue weighted by atomic mass is 10.1. The first-order valence-corrected chi connectivity index (χ1v) is 6.13. The molecule has 10 nitrogen and oxygen atoms in total. The number of amides is 2. The van der Waals surface area contributed by atoms with E-state index in [1.807, 2.05) is 0 Å². The van der Waals surface area contributed by atoms with Gasteiger partial charge < -0.3 is 20.4 Å². The number of carboxylic acids is 2. The summed E-state index contributed by atoms with van der Waals surface area (Å²) >= 11 is 0. The molecule has 0 radical (unpaired) electrons. The van der Waals surface area contributed by atoms with Crippen LogP contribution < -0.4 is 5.32 Å². The van der Waals surface area contributed by atoms with Gasteiger partial charge in [-0.25, -0.2) is 14.6 Å². The molecule has 0 aliphatic carbocycles. The average molecular weight is 299 g/mol. The zero-order valence-corrected chi connectivity index (χ0v) is 11.7. The second-order valence-corrected chi connectivity index (χ2v) is 4.47. The number of aryl methyl sites for hydroxylation is 1. The van der Waals surface area contributed by atoms with Gasteiger partial charge in [-0.2, -0.15) is 5.10 Å². The molecule has 1 aromatic rings. The second-order valence-electron chi connectivity index (χ2n) is 4.47. The maximum Gasteiger partial charge on any atom is 0.326 e. The number of aromatic nitrogens is 3. The maximum atomic E-state index is 11.9. The molecule has 2 amide bonds. The number of rotatable bonds is 7. The van der Waals surface area contributed by atoms with Gasteiger partial charge in [-0.3, -0.25) is 9.89 Å². The van der Waals surface area contributed by atoms with E-state index in [4.69, 9.17) is 10.2 Å². The fourth-order valence-corrected chi connectivity index (χ4v) is 1.53. The summed E-state index contributed by atoms with van der Waals surface area (Å²) < 4.78 is 0. The Kier molecular flexibility index (Phi) is 5.64. The summed E-state index contributed by atoms with van der Waals surface area (Å²) in [6.07, 6.45) is -0.537. The predicted octanol–water partition coefficient (Wildman–Crippen LogP) is -0.427. The zero-order valence-electron chi connectivity index (χ0n) is 11.7. The number of carbonyl (C=O) groups excluding carboxylic acids is 1. The molecule has 1 atom stereocenters. The lowest BCUT2D eigenvalue weighted by Crippen LogP contribution is -2.46. The van der Waals surface area contributed by atoms with E-state index in [2.05, 4.69) is 20.5 Å². The Labute approximate surface area is 120 Å². The van der Waals surface area contributed by atoms with E-state index in [0.717, 1.165) is 0 Å². The molecule has 0 aliphatic rings. The van der Waals surface area contributed by atoms with Gasteiger partial charge in [0.1, 0.15) is 11.9 Å². The molecule has 10 heteroatoms. The number of nitrogens with one attached hydrogen (secondary N) is 2. The Bertz CT molecular complexity index is 529. The molecular weight excluding hydrogens is 282 g/mol. The van der Waals surface area contributed by atoms with Crippen LogP contribution in [0.5, 0.6) is 0 Å². The Morgan fingerprint density at radius 2 is 2.05 bits per heavy atom. The number of carboxylic acid groups (broad SMARTS) is 2. The SMILES string of the molecule is Cc1nc(CN(C)C(=O)N[C@@H](CCC(=O)O)C(=O)O)n[nH]1. The van der Waals surface area contributed by atoms with E-state index in [9.17, 15) is 14.4 Å². The number of nitrogens with zero attached hydrogens (tertiary/aromatic N) is 3. The first kappa shape index (κ1) is 16.4. The fraction of sp³-hybridized carbons (Fsp3) is 0.545. The van der Waals surface area contributed by atoms with Gasteiger partial charge in [0.15, 0.2) is 5.82 Å². The van der Waals surface area contributed by atoms with E-state index in [1.165, 1.54) is 11.9 Å². The third kappa shape index (κ3) is 5.47. The summed E-state index contributed by atoms with van der Waals surface area (Å²) in [6.45, 7) is 1.81. The van der Waals surface area contributed by atoms with Crippen LogP contribution in [0.25, 0.3) is 0 Å². The molecule has 0 unspecified atom stereocenters. The standard InChI is InChI=1S/C11H17N5O5/c1-6-12-8(15-14-6)5-16(2)11(21)13-7(10(19)20)3-4-9(17)18/h7H,3-5H2,1-2H3,(H,13,21)(H,17,18)(H,19,20)(H,12,14,15)/t7-/m0/s1. The van der Waals surface area contributed by atoms with E-state index in [-0.39, 0.29) is 19.4 Å². The number of aromatic amines is 1. The summed E-state index contributed by atoms with van der Waals surface area (Å²) in [6, 6.07) is -1.90. The fourth-order valence-electron chi connectivity index (χ4n) is 1.53. The van der Waals surface area contributed by atoms with Gasteiger partial charge in [0.25, 0.3) is 0 Å². The van der Waals surface area contributed by atoms with Crippen LogP contribution in [0.15, 0.2) is 0 Å². The van der Waals surface area contributed by atoms with Crippen LogP contribution in [0, 0.1) is 6.92 Å². The molecule has 0 bridgehead atoms. The predicted molar refractivity (Wildman–Crippen MR) is 69.4 cm³/mol. The van der Waals surface area contributed by atoms with Crippen LogP contribution in [0.1, 0.15) is 24.5 Å². The highest BCUT2D eigenvalue weighted by Gasteiger charge is 2.23. The van der Waals surface area contributed by atoms with Crippen LogP contribution in [0.2, 0.25) is 0 Å². The summed E-state index contributed by atoms with van der Waals surface area (Å²) in [5.41, 5.74) is 0. The molecule has 1 heterocycles. The van der Waals surface area contributed by atoms with E-state index in [0.29, 0.717) is 11.6 Å². The zero-order chi connectivity index (χ0) is 16.0. The highest BCUT2D eigenvalue weighted by molar-refractivity contribution is 5.82. The number of hydrogen-bond donors (Lipinski definition) is 4. The Morgan fingerprint density at radius 3 is 2.52 bits per heavy atom.